The summed E-state index contributed by atoms with van der Waals surface area (Å²) in [7, 11) is -5.69. The Morgan fingerprint density at radius 3 is 2.14 bits per heavy atom. The number of cyclic esters (lactones) is 1. The lowest BCUT2D eigenvalue weighted by molar-refractivity contribution is 0.116. The molecule has 1 amide bonds. The van der Waals surface area contributed by atoms with E-state index >= 15 is 0 Å². The molecule has 1 unspecified atom stereocenters. The second-order valence-electron chi connectivity index (χ2n) is 10.6. The first-order valence-electron chi connectivity index (χ1n) is 12.1. The Balaban J connectivity index is 2.26. The van der Waals surface area contributed by atoms with Gasteiger partial charge in [0.1, 0.15) is 20.0 Å². The van der Waals surface area contributed by atoms with Crippen LogP contribution in [0.15, 0.2) is 17.4 Å². The van der Waals surface area contributed by atoms with E-state index < -0.39 is 24.0 Å². The zero-order chi connectivity index (χ0) is 26.3. The third-order valence-corrected chi connectivity index (χ3v) is 14.1. The summed E-state index contributed by atoms with van der Waals surface area (Å²) in [5, 5.41) is 0.244. The molecule has 1 fully saturated rings. The zero-order valence-electron chi connectivity index (χ0n) is 22.1. The van der Waals surface area contributed by atoms with Gasteiger partial charge in [-0.1, -0.05) is 61.3 Å². The first-order chi connectivity index (χ1) is 16.2. The van der Waals surface area contributed by atoms with E-state index in [1.165, 1.54) is 11.1 Å². The number of ether oxygens (including phenoxy) is 1. The minimum atomic E-state index is -3.64. The van der Waals surface area contributed by atoms with E-state index in [0.717, 1.165) is 6.26 Å². The number of nitrogens with zero attached hydrogens (tertiary/aromatic N) is 4. The number of sulfone groups is 1. The van der Waals surface area contributed by atoms with Crippen LogP contribution in [0.1, 0.15) is 61.0 Å². The number of anilines is 1. The van der Waals surface area contributed by atoms with Gasteiger partial charge >= 0.3 is 6.09 Å². The normalized spacial score (nSPS) is 17.0. The van der Waals surface area contributed by atoms with Crippen molar-refractivity contribution in [3.63, 3.8) is 0 Å². The minimum Gasteiger partial charge on any atom is -0.444 e. The molecule has 0 saturated carbocycles. The van der Waals surface area contributed by atoms with Gasteiger partial charge in [0, 0.05) is 18.0 Å². The zero-order valence-corrected chi connectivity index (χ0v) is 23.9. The van der Waals surface area contributed by atoms with E-state index in [1.807, 2.05) is 13.8 Å². The summed E-state index contributed by atoms with van der Waals surface area (Å²) in [4.78, 5) is 26.9. The van der Waals surface area contributed by atoms with Crippen LogP contribution in [0.25, 0.3) is 11.0 Å². The summed E-state index contributed by atoms with van der Waals surface area (Å²) >= 11 is 0. The minimum absolute atomic E-state index is 0.151. The van der Waals surface area contributed by atoms with Gasteiger partial charge in [-0.3, -0.25) is 4.90 Å². The summed E-state index contributed by atoms with van der Waals surface area (Å²) in [6.45, 7) is 17.8. The molecular weight excluding hydrogens is 480 g/mol. The van der Waals surface area contributed by atoms with Crippen LogP contribution in [0.2, 0.25) is 16.6 Å². The molecule has 2 aromatic heterocycles. The molecule has 0 aliphatic carbocycles. The highest BCUT2D eigenvalue weighted by Crippen LogP contribution is 2.41. The van der Waals surface area contributed by atoms with Crippen LogP contribution in [-0.2, 0) is 14.6 Å². The van der Waals surface area contributed by atoms with Crippen molar-refractivity contribution >= 4 is 40.9 Å². The Hall–Kier alpha value is -2.51. The second kappa shape index (κ2) is 9.86. The van der Waals surface area contributed by atoms with Crippen LogP contribution in [0.5, 0.6) is 0 Å². The van der Waals surface area contributed by atoms with Crippen molar-refractivity contribution in [2.45, 2.75) is 83.3 Å². The molecule has 190 valence electrons. The fraction of sp³-hybridized carbons (Fsp3) is 0.600. The number of carbonyl (C=O) groups excluding carboxylic acids is 1. The third-order valence-electron chi connectivity index (χ3n) is 7.00. The largest absolute Gasteiger partial charge is 0.444 e. The average molecular weight is 517 g/mol. The van der Waals surface area contributed by atoms with Gasteiger partial charge in [0.25, 0.3) is 0 Å². The van der Waals surface area contributed by atoms with Crippen molar-refractivity contribution in [3.05, 3.63) is 17.8 Å². The number of aromatic nitrogens is 3. The number of carbonyl (C=O) groups is 1. The number of hydrogen-bond donors (Lipinski definition) is 0. The quantitative estimate of drug-likeness (QED) is 0.303. The van der Waals surface area contributed by atoms with Crippen molar-refractivity contribution in [2.24, 2.45) is 5.92 Å². The van der Waals surface area contributed by atoms with Gasteiger partial charge in [0.15, 0.2) is 5.65 Å². The first-order valence-corrected chi connectivity index (χ1v) is 16.2. The maximum Gasteiger partial charge on any atom is 0.415 e. The van der Waals surface area contributed by atoms with Gasteiger partial charge in [-0.15, -0.1) is 5.54 Å². The van der Waals surface area contributed by atoms with E-state index in [4.69, 9.17) is 4.74 Å². The number of amides is 1. The van der Waals surface area contributed by atoms with Gasteiger partial charge in [0.05, 0.1) is 11.9 Å². The van der Waals surface area contributed by atoms with Crippen molar-refractivity contribution < 1.29 is 17.9 Å². The molecule has 1 saturated heterocycles. The number of hydrogen-bond acceptors (Lipinski definition) is 7. The van der Waals surface area contributed by atoms with Gasteiger partial charge in [-0.05, 0) is 28.6 Å². The molecule has 0 bridgehead atoms. The Bertz CT molecular complexity index is 1270. The molecule has 0 radical (unpaired) electrons. The molecule has 0 spiro atoms. The molecule has 3 heterocycles. The number of pyridine rings is 1. The maximum atomic E-state index is 12.7. The lowest BCUT2D eigenvalue weighted by atomic mass is 10.1. The molecule has 35 heavy (non-hydrogen) atoms. The van der Waals surface area contributed by atoms with E-state index in [-0.39, 0.29) is 22.8 Å². The summed E-state index contributed by atoms with van der Waals surface area (Å²) in [6.07, 6.45) is 1.77. The number of rotatable bonds is 6. The Labute approximate surface area is 209 Å². The van der Waals surface area contributed by atoms with Gasteiger partial charge in [0.2, 0.25) is 15.0 Å². The molecular formula is C25H36N4O4SSi. The van der Waals surface area contributed by atoms with Gasteiger partial charge < -0.3 is 4.74 Å². The van der Waals surface area contributed by atoms with Crippen molar-refractivity contribution in [1.82, 2.24) is 15.0 Å². The molecule has 10 heteroatoms. The van der Waals surface area contributed by atoms with Crippen LogP contribution < -0.4 is 4.90 Å². The molecule has 0 N–H and O–H groups in total. The first kappa shape index (κ1) is 27.1. The smallest absolute Gasteiger partial charge is 0.415 e. The molecule has 1 atom stereocenters. The predicted octanol–water partition coefficient (Wildman–Crippen LogP) is 4.98. The molecule has 0 aromatic carbocycles. The Kier molecular flexibility index (Phi) is 7.63. The highest BCUT2D eigenvalue weighted by atomic mass is 32.2. The number of fused-ring (bicyclic) bond motifs is 1. The van der Waals surface area contributed by atoms with E-state index in [0.29, 0.717) is 39.9 Å². The van der Waals surface area contributed by atoms with Crippen molar-refractivity contribution in [1.29, 1.82) is 0 Å². The van der Waals surface area contributed by atoms with Crippen molar-refractivity contribution in [2.75, 3.05) is 17.7 Å². The lowest BCUT2D eigenvalue weighted by Gasteiger charge is -2.38. The summed E-state index contributed by atoms with van der Waals surface area (Å²) in [5.41, 5.74) is 5.83. The van der Waals surface area contributed by atoms with Crippen LogP contribution >= 0.6 is 0 Å². The van der Waals surface area contributed by atoms with Crippen LogP contribution in [0.3, 0.4) is 0 Å². The van der Waals surface area contributed by atoms with E-state index in [1.54, 1.807) is 6.07 Å². The predicted molar refractivity (Wildman–Crippen MR) is 141 cm³/mol. The highest BCUT2D eigenvalue weighted by Gasteiger charge is 2.42. The summed E-state index contributed by atoms with van der Waals surface area (Å²) in [6, 6.07) is 1.77. The molecule has 8 nitrogen and oxygen atoms in total. The fourth-order valence-corrected chi connectivity index (χ4v) is 10.7. The topological polar surface area (TPSA) is 102 Å². The second-order valence-corrected chi connectivity index (χ2v) is 18.1. The van der Waals surface area contributed by atoms with Gasteiger partial charge in [-0.2, -0.15) is 4.98 Å². The maximum absolute atomic E-state index is 12.7. The lowest BCUT2D eigenvalue weighted by Crippen LogP contribution is -2.43. The Morgan fingerprint density at radius 2 is 1.66 bits per heavy atom. The molecule has 1 aliphatic heterocycles. The molecule has 3 rings (SSSR count). The Morgan fingerprint density at radius 1 is 1.06 bits per heavy atom. The highest BCUT2D eigenvalue weighted by molar-refractivity contribution is 7.90. The monoisotopic (exact) mass is 516 g/mol. The average Bonchev–Trinajstić information content (AvgIpc) is 3.14. The fourth-order valence-electron chi connectivity index (χ4n) is 5.03. The van der Waals surface area contributed by atoms with Gasteiger partial charge in [-0.25, -0.2) is 23.2 Å². The van der Waals surface area contributed by atoms with Crippen molar-refractivity contribution in [3.8, 4) is 11.5 Å². The van der Waals surface area contributed by atoms with E-state index in [9.17, 15) is 13.2 Å². The van der Waals surface area contributed by atoms with Crippen LogP contribution in [0, 0.1) is 17.4 Å². The van der Waals surface area contributed by atoms with E-state index in [2.05, 4.69) is 68.0 Å². The molecule has 2 aromatic rings. The molecule has 1 aliphatic rings. The van der Waals surface area contributed by atoms with Crippen LogP contribution in [-0.4, -0.2) is 56.4 Å². The van der Waals surface area contributed by atoms with Crippen LogP contribution in [0.4, 0.5) is 10.6 Å². The third kappa shape index (κ3) is 5.21. The standard InChI is InChI=1S/C25H36N4O4SSi/c1-15(2)21-14-29(25(30)33-21)22-12-19(10-11-35(16(3)4,17(5)6)18(7)8)20-13-26-24(34(9,31)32)28-23(20)27-22/h12-13,15-18,21H,14H2,1-9H3. The summed E-state index contributed by atoms with van der Waals surface area (Å²) in [5.74, 6) is 3.90. The summed E-state index contributed by atoms with van der Waals surface area (Å²) < 4.78 is 29.7. The SMILES string of the molecule is CC(C)C1CN(c2cc(C#C[Si](C(C)C)(C(C)C)C(C)C)c3cnc(S(C)(=O)=O)nc3n2)C(=O)O1.